The van der Waals surface area contributed by atoms with Crippen molar-refractivity contribution >= 4 is 17.5 Å². The fourth-order valence-electron chi connectivity index (χ4n) is 1.12. The minimum atomic E-state index is 0.140. The van der Waals surface area contributed by atoms with E-state index in [2.05, 4.69) is 11.9 Å². The molecule has 4 heteroatoms. The molecule has 72 valence electrons. The molecular weight excluding hydrogens is 194 g/mol. The molecule has 0 bridgehead atoms. The van der Waals surface area contributed by atoms with E-state index in [1.54, 1.807) is 0 Å². The Bertz CT molecular complexity index is 339. The smallest absolute Gasteiger partial charge is 0.161 e. The SMILES string of the molecule is CCCCC1=NC(=C(C#N)C#N)SC1. The summed E-state index contributed by atoms with van der Waals surface area (Å²) in [6, 6.07) is 3.72. The van der Waals surface area contributed by atoms with Crippen molar-refractivity contribution in [3.8, 4) is 12.1 Å². The van der Waals surface area contributed by atoms with Gasteiger partial charge in [0, 0.05) is 11.5 Å². The molecule has 14 heavy (non-hydrogen) atoms. The van der Waals surface area contributed by atoms with Crippen LogP contribution < -0.4 is 0 Å². The zero-order chi connectivity index (χ0) is 10.4. The number of hydrogen-bond donors (Lipinski definition) is 0. The van der Waals surface area contributed by atoms with E-state index in [9.17, 15) is 0 Å². The summed E-state index contributed by atoms with van der Waals surface area (Å²) in [5.74, 6) is 0.836. The fraction of sp³-hybridized carbons (Fsp3) is 0.500. The molecule has 0 amide bonds. The Morgan fingerprint density at radius 2 is 2.21 bits per heavy atom. The van der Waals surface area contributed by atoms with Gasteiger partial charge < -0.3 is 0 Å². The molecule has 0 N–H and O–H groups in total. The summed E-state index contributed by atoms with van der Waals surface area (Å²) < 4.78 is 0. The number of rotatable bonds is 3. The van der Waals surface area contributed by atoms with Crippen LogP contribution in [0.2, 0.25) is 0 Å². The average molecular weight is 205 g/mol. The minimum Gasteiger partial charge on any atom is -0.248 e. The molecule has 0 aliphatic carbocycles. The third kappa shape index (κ3) is 2.61. The van der Waals surface area contributed by atoms with Gasteiger partial charge in [-0.05, 0) is 12.8 Å². The molecular formula is C10H11N3S. The molecule has 0 unspecified atom stereocenters. The highest BCUT2D eigenvalue weighted by molar-refractivity contribution is 8.04. The number of unbranched alkanes of at least 4 members (excludes halogenated alkanes) is 1. The van der Waals surface area contributed by atoms with E-state index in [4.69, 9.17) is 10.5 Å². The number of aliphatic imine (C=N–C) groups is 1. The molecule has 0 aromatic carbocycles. The van der Waals surface area contributed by atoms with Gasteiger partial charge in [-0.25, -0.2) is 4.99 Å². The molecule has 1 aliphatic heterocycles. The van der Waals surface area contributed by atoms with Gasteiger partial charge in [-0.1, -0.05) is 25.1 Å². The highest BCUT2D eigenvalue weighted by Gasteiger charge is 2.15. The molecule has 1 heterocycles. The Morgan fingerprint density at radius 1 is 1.50 bits per heavy atom. The number of thioether (sulfide) groups is 1. The van der Waals surface area contributed by atoms with Crippen LogP contribution >= 0.6 is 11.8 Å². The van der Waals surface area contributed by atoms with Gasteiger partial charge in [-0.15, -0.1) is 0 Å². The second kappa shape index (κ2) is 5.47. The monoisotopic (exact) mass is 205 g/mol. The van der Waals surface area contributed by atoms with E-state index in [-0.39, 0.29) is 5.57 Å². The topological polar surface area (TPSA) is 59.9 Å². The maximum Gasteiger partial charge on any atom is 0.161 e. The lowest BCUT2D eigenvalue weighted by molar-refractivity contribution is 0.834. The van der Waals surface area contributed by atoms with Crippen LogP contribution in [0.4, 0.5) is 0 Å². The van der Waals surface area contributed by atoms with Crippen molar-refractivity contribution in [2.24, 2.45) is 4.99 Å². The van der Waals surface area contributed by atoms with E-state index < -0.39 is 0 Å². The Morgan fingerprint density at radius 3 is 2.79 bits per heavy atom. The number of nitriles is 2. The summed E-state index contributed by atoms with van der Waals surface area (Å²) in [4.78, 5) is 4.28. The fourth-order valence-corrected chi connectivity index (χ4v) is 2.06. The lowest BCUT2D eigenvalue weighted by atomic mass is 10.2. The quantitative estimate of drug-likeness (QED) is 0.665. The number of hydrogen-bond acceptors (Lipinski definition) is 4. The first-order valence-corrected chi connectivity index (χ1v) is 5.54. The molecule has 3 nitrogen and oxygen atoms in total. The molecule has 0 atom stereocenters. The van der Waals surface area contributed by atoms with Gasteiger partial charge in [0.1, 0.15) is 17.2 Å². The van der Waals surface area contributed by atoms with Crippen LogP contribution in [0.1, 0.15) is 26.2 Å². The van der Waals surface area contributed by atoms with Crippen molar-refractivity contribution in [1.82, 2.24) is 0 Å². The van der Waals surface area contributed by atoms with Crippen LogP contribution in [0.25, 0.3) is 0 Å². The van der Waals surface area contributed by atoms with Crippen LogP contribution in [0.3, 0.4) is 0 Å². The highest BCUT2D eigenvalue weighted by atomic mass is 32.2. The summed E-state index contributed by atoms with van der Waals surface area (Å²) in [6.45, 7) is 2.13. The van der Waals surface area contributed by atoms with E-state index in [0.717, 1.165) is 30.7 Å². The molecule has 0 fully saturated rings. The van der Waals surface area contributed by atoms with Crippen molar-refractivity contribution in [3.05, 3.63) is 10.6 Å². The number of nitrogens with zero attached hydrogens (tertiary/aromatic N) is 3. The van der Waals surface area contributed by atoms with Crippen LogP contribution in [0.5, 0.6) is 0 Å². The van der Waals surface area contributed by atoms with Crippen LogP contribution in [0, 0.1) is 22.7 Å². The molecule has 0 saturated carbocycles. The Kier molecular flexibility index (Phi) is 4.22. The van der Waals surface area contributed by atoms with Crippen molar-refractivity contribution < 1.29 is 0 Å². The van der Waals surface area contributed by atoms with Crippen LogP contribution in [-0.4, -0.2) is 11.5 Å². The average Bonchev–Trinajstić information content (AvgIpc) is 2.65. The maximum absolute atomic E-state index is 8.64. The number of allylic oxidation sites excluding steroid dienone is 1. The van der Waals surface area contributed by atoms with E-state index >= 15 is 0 Å². The molecule has 0 aromatic rings. The van der Waals surface area contributed by atoms with Crippen LogP contribution in [-0.2, 0) is 0 Å². The largest absolute Gasteiger partial charge is 0.248 e. The van der Waals surface area contributed by atoms with Gasteiger partial charge in [0.15, 0.2) is 5.57 Å². The van der Waals surface area contributed by atoms with Gasteiger partial charge in [0.05, 0.1) is 0 Å². The molecule has 0 spiro atoms. The lowest BCUT2D eigenvalue weighted by Crippen LogP contribution is -1.95. The third-order valence-electron chi connectivity index (χ3n) is 1.89. The lowest BCUT2D eigenvalue weighted by Gasteiger charge is -1.93. The third-order valence-corrected chi connectivity index (χ3v) is 2.94. The van der Waals surface area contributed by atoms with Gasteiger partial charge in [-0.3, -0.25) is 0 Å². The zero-order valence-electron chi connectivity index (χ0n) is 8.08. The van der Waals surface area contributed by atoms with Gasteiger partial charge in [0.25, 0.3) is 0 Å². The highest BCUT2D eigenvalue weighted by Crippen LogP contribution is 2.28. The first kappa shape index (κ1) is 10.8. The summed E-state index contributed by atoms with van der Waals surface area (Å²) in [5, 5.41) is 17.9. The standard InChI is InChI=1S/C10H11N3S/c1-2-3-4-9-7-14-10(13-9)8(5-11)6-12/h2-4,7H2,1H3. The Balaban J connectivity index is 2.72. The van der Waals surface area contributed by atoms with E-state index in [0.29, 0.717) is 5.03 Å². The van der Waals surface area contributed by atoms with Gasteiger partial charge in [-0.2, -0.15) is 10.5 Å². The zero-order valence-corrected chi connectivity index (χ0v) is 8.89. The van der Waals surface area contributed by atoms with E-state index in [1.165, 1.54) is 11.8 Å². The predicted molar refractivity (Wildman–Crippen MR) is 57.7 cm³/mol. The maximum atomic E-state index is 8.64. The Labute approximate surface area is 88.1 Å². The predicted octanol–water partition coefficient (Wildman–Crippen LogP) is 2.62. The Hall–Kier alpha value is -1.26. The molecule has 1 aliphatic rings. The summed E-state index contributed by atoms with van der Waals surface area (Å²) >= 11 is 1.49. The van der Waals surface area contributed by atoms with Gasteiger partial charge in [0.2, 0.25) is 0 Å². The molecule has 0 saturated heterocycles. The van der Waals surface area contributed by atoms with E-state index in [1.807, 2.05) is 12.1 Å². The van der Waals surface area contributed by atoms with Crippen molar-refractivity contribution in [2.75, 3.05) is 5.75 Å². The second-order valence-electron chi connectivity index (χ2n) is 2.97. The van der Waals surface area contributed by atoms with Crippen molar-refractivity contribution in [2.45, 2.75) is 26.2 Å². The molecule has 1 rings (SSSR count). The van der Waals surface area contributed by atoms with Crippen molar-refractivity contribution in [3.63, 3.8) is 0 Å². The second-order valence-corrected chi connectivity index (χ2v) is 3.94. The molecule has 0 aromatic heterocycles. The first-order valence-electron chi connectivity index (χ1n) is 4.55. The van der Waals surface area contributed by atoms with Crippen LogP contribution in [0.15, 0.2) is 15.6 Å². The first-order chi connectivity index (χ1) is 6.81. The van der Waals surface area contributed by atoms with Gasteiger partial charge >= 0.3 is 0 Å². The molecule has 0 radical (unpaired) electrons. The normalized spacial score (nSPS) is 14.5. The van der Waals surface area contributed by atoms with Crippen molar-refractivity contribution in [1.29, 1.82) is 10.5 Å². The summed E-state index contributed by atoms with van der Waals surface area (Å²) in [5.41, 5.74) is 1.25. The minimum absolute atomic E-state index is 0.140. The summed E-state index contributed by atoms with van der Waals surface area (Å²) in [6.07, 6.45) is 3.25. The summed E-state index contributed by atoms with van der Waals surface area (Å²) in [7, 11) is 0.